The fourth-order valence-electron chi connectivity index (χ4n) is 2.85. The van der Waals surface area contributed by atoms with E-state index in [1.54, 1.807) is 12.1 Å². The third-order valence-corrected chi connectivity index (χ3v) is 3.98. The molecule has 4 nitrogen and oxygen atoms in total. The maximum Gasteiger partial charge on any atom is 0.337 e. The molecule has 3 aromatic carbocycles. The van der Waals surface area contributed by atoms with Gasteiger partial charge in [-0.3, -0.25) is 0 Å². The lowest BCUT2D eigenvalue weighted by atomic mass is 10.1. The molecule has 0 aliphatic carbocycles. The van der Waals surface area contributed by atoms with Crippen LogP contribution >= 0.6 is 0 Å². The molecule has 0 saturated carbocycles. The topological polar surface area (TPSA) is 38.8 Å². The smallest absolute Gasteiger partial charge is 0.337 e. The van der Waals surface area contributed by atoms with Crippen LogP contribution in [-0.4, -0.2) is 13.1 Å². The van der Waals surface area contributed by atoms with Gasteiger partial charge in [0.1, 0.15) is 0 Å². The van der Waals surface area contributed by atoms with Gasteiger partial charge in [0.05, 0.1) is 24.0 Å². The summed E-state index contributed by atoms with van der Waals surface area (Å²) < 4.78 is 10.8. The van der Waals surface area contributed by atoms with Gasteiger partial charge in [0.25, 0.3) is 0 Å². The Balaban J connectivity index is 1.84. The van der Waals surface area contributed by atoms with Gasteiger partial charge in [0, 0.05) is 5.69 Å². The third-order valence-electron chi connectivity index (χ3n) is 3.98. The van der Waals surface area contributed by atoms with Crippen molar-refractivity contribution < 1.29 is 14.3 Å². The Morgan fingerprint density at radius 2 is 1.38 bits per heavy atom. The highest BCUT2D eigenvalue weighted by molar-refractivity contribution is 5.91. The van der Waals surface area contributed by atoms with E-state index < -0.39 is 0 Å². The van der Waals surface area contributed by atoms with Crippen molar-refractivity contribution in [2.75, 3.05) is 12.0 Å². The number of para-hydroxylation sites is 4. The Kier molecular flexibility index (Phi) is 3.43. The normalized spacial score (nSPS) is 12.0. The van der Waals surface area contributed by atoms with Gasteiger partial charge in [-0.1, -0.05) is 24.3 Å². The Hall–Kier alpha value is -3.27. The second-order valence-electron chi connectivity index (χ2n) is 5.41. The van der Waals surface area contributed by atoms with Crippen LogP contribution in [0.5, 0.6) is 11.5 Å². The highest BCUT2D eigenvalue weighted by atomic mass is 16.5. The lowest BCUT2D eigenvalue weighted by molar-refractivity contribution is 0.0601. The monoisotopic (exact) mass is 317 g/mol. The van der Waals surface area contributed by atoms with E-state index in [1.165, 1.54) is 7.11 Å². The summed E-state index contributed by atoms with van der Waals surface area (Å²) in [4.78, 5) is 13.8. The highest BCUT2D eigenvalue weighted by Gasteiger charge is 2.25. The molecule has 118 valence electrons. The minimum absolute atomic E-state index is 0.343. The first kappa shape index (κ1) is 14.3. The van der Waals surface area contributed by atoms with Gasteiger partial charge in [0.15, 0.2) is 11.5 Å². The van der Waals surface area contributed by atoms with Crippen molar-refractivity contribution in [2.24, 2.45) is 0 Å². The molecule has 0 unspecified atom stereocenters. The Morgan fingerprint density at radius 3 is 1.92 bits per heavy atom. The Morgan fingerprint density at radius 1 is 0.833 bits per heavy atom. The van der Waals surface area contributed by atoms with Crippen LogP contribution in [0.4, 0.5) is 17.1 Å². The maximum atomic E-state index is 11.6. The van der Waals surface area contributed by atoms with Gasteiger partial charge >= 0.3 is 5.97 Å². The lowest BCUT2D eigenvalue weighted by Gasteiger charge is -2.32. The molecule has 4 rings (SSSR count). The molecule has 3 aromatic rings. The van der Waals surface area contributed by atoms with Gasteiger partial charge in [0.2, 0.25) is 0 Å². The summed E-state index contributed by atoms with van der Waals surface area (Å²) >= 11 is 0. The van der Waals surface area contributed by atoms with E-state index in [2.05, 4.69) is 4.90 Å². The molecule has 4 heteroatoms. The van der Waals surface area contributed by atoms with Crippen LogP contribution in [0.25, 0.3) is 0 Å². The van der Waals surface area contributed by atoms with Gasteiger partial charge in [-0.05, 0) is 48.5 Å². The second kappa shape index (κ2) is 5.74. The number of carbonyl (C=O) groups is 1. The standard InChI is InChI=1S/C20H15NO3/c1-23-20(22)14-10-12-15(13-11-14)21-16-6-2-4-8-18(16)24-19-9-5-3-7-17(19)21/h2-13H,1H3. The van der Waals surface area contributed by atoms with Crippen LogP contribution in [0.3, 0.4) is 0 Å². The number of fused-ring (bicyclic) bond motifs is 2. The van der Waals surface area contributed by atoms with Crippen LogP contribution < -0.4 is 9.64 Å². The number of hydrogen-bond acceptors (Lipinski definition) is 4. The second-order valence-corrected chi connectivity index (χ2v) is 5.41. The molecule has 0 atom stereocenters. The number of benzene rings is 3. The summed E-state index contributed by atoms with van der Waals surface area (Å²) in [7, 11) is 1.38. The SMILES string of the molecule is COC(=O)c1ccc(N2c3ccccc3Oc3ccccc32)cc1. The zero-order chi connectivity index (χ0) is 16.5. The molecule has 0 amide bonds. The van der Waals surface area contributed by atoms with E-state index in [9.17, 15) is 4.79 Å². The molecule has 1 aliphatic heterocycles. The number of esters is 1. The Labute approximate surface area is 139 Å². The van der Waals surface area contributed by atoms with Crippen molar-refractivity contribution in [3.05, 3.63) is 78.4 Å². The number of rotatable bonds is 2. The average Bonchev–Trinajstić information content (AvgIpc) is 2.65. The zero-order valence-electron chi connectivity index (χ0n) is 13.1. The molecule has 0 N–H and O–H groups in total. The maximum absolute atomic E-state index is 11.6. The van der Waals surface area contributed by atoms with Crippen molar-refractivity contribution in [3.63, 3.8) is 0 Å². The number of nitrogens with zero attached hydrogens (tertiary/aromatic N) is 1. The fourth-order valence-corrected chi connectivity index (χ4v) is 2.85. The van der Waals surface area contributed by atoms with Crippen LogP contribution in [0, 0.1) is 0 Å². The first-order chi connectivity index (χ1) is 11.8. The molecule has 0 bridgehead atoms. The lowest BCUT2D eigenvalue weighted by Crippen LogP contribution is -2.15. The van der Waals surface area contributed by atoms with Crippen LogP contribution in [0.15, 0.2) is 72.8 Å². The van der Waals surface area contributed by atoms with E-state index >= 15 is 0 Å². The molecule has 0 radical (unpaired) electrons. The van der Waals surface area contributed by atoms with E-state index in [0.29, 0.717) is 5.56 Å². The molecular formula is C20H15NO3. The Bertz CT molecular complexity index is 857. The van der Waals surface area contributed by atoms with E-state index in [0.717, 1.165) is 28.6 Å². The highest BCUT2D eigenvalue weighted by Crippen LogP contribution is 2.49. The van der Waals surface area contributed by atoms with E-state index in [1.807, 2.05) is 60.7 Å². The molecule has 0 aromatic heterocycles. The number of hydrogen-bond donors (Lipinski definition) is 0. The first-order valence-electron chi connectivity index (χ1n) is 7.62. The molecule has 1 heterocycles. The van der Waals surface area contributed by atoms with E-state index in [-0.39, 0.29) is 5.97 Å². The molecule has 0 fully saturated rings. The number of anilines is 3. The number of ether oxygens (including phenoxy) is 2. The molecule has 0 spiro atoms. The van der Waals surface area contributed by atoms with Crippen LogP contribution in [-0.2, 0) is 4.74 Å². The minimum Gasteiger partial charge on any atom is -0.465 e. The minimum atomic E-state index is -0.343. The quantitative estimate of drug-likeness (QED) is 0.485. The molecule has 0 saturated heterocycles. The van der Waals surface area contributed by atoms with Gasteiger partial charge in [-0.15, -0.1) is 0 Å². The van der Waals surface area contributed by atoms with Crippen molar-refractivity contribution in [1.29, 1.82) is 0 Å². The zero-order valence-corrected chi connectivity index (χ0v) is 13.1. The van der Waals surface area contributed by atoms with Crippen molar-refractivity contribution in [3.8, 4) is 11.5 Å². The molecule has 24 heavy (non-hydrogen) atoms. The number of methoxy groups -OCH3 is 1. The first-order valence-corrected chi connectivity index (χ1v) is 7.62. The summed E-state index contributed by atoms with van der Waals surface area (Å²) in [6.45, 7) is 0. The van der Waals surface area contributed by atoms with Crippen molar-refractivity contribution in [2.45, 2.75) is 0 Å². The van der Waals surface area contributed by atoms with Crippen molar-refractivity contribution >= 4 is 23.0 Å². The predicted octanol–water partition coefficient (Wildman–Crippen LogP) is 5.05. The predicted molar refractivity (Wildman–Crippen MR) is 92.5 cm³/mol. The summed E-state index contributed by atoms with van der Waals surface area (Å²) in [5.74, 6) is 1.26. The van der Waals surface area contributed by atoms with Gasteiger partial charge in [-0.25, -0.2) is 4.79 Å². The fraction of sp³-hybridized carbons (Fsp3) is 0.0500. The average molecular weight is 317 g/mol. The summed E-state index contributed by atoms with van der Waals surface area (Å²) in [6, 6.07) is 23.1. The molecular weight excluding hydrogens is 302 g/mol. The van der Waals surface area contributed by atoms with E-state index in [4.69, 9.17) is 9.47 Å². The van der Waals surface area contributed by atoms with Gasteiger partial charge in [-0.2, -0.15) is 0 Å². The number of carbonyl (C=O) groups excluding carboxylic acids is 1. The van der Waals surface area contributed by atoms with Crippen molar-refractivity contribution in [1.82, 2.24) is 0 Å². The largest absolute Gasteiger partial charge is 0.465 e. The summed E-state index contributed by atoms with van der Waals surface area (Å²) in [5, 5.41) is 0. The molecule has 1 aliphatic rings. The van der Waals surface area contributed by atoms with Crippen LogP contribution in [0.2, 0.25) is 0 Å². The summed E-state index contributed by atoms with van der Waals surface area (Å²) in [5.41, 5.74) is 3.39. The van der Waals surface area contributed by atoms with Gasteiger partial charge < -0.3 is 14.4 Å². The third kappa shape index (κ3) is 2.29. The summed E-state index contributed by atoms with van der Waals surface area (Å²) in [6.07, 6.45) is 0. The van der Waals surface area contributed by atoms with Crippen LogP contribution in [0.1, 0.15) is 10.4 Å².